The van der Waals surface area contributed by atoms with Crippen LogP contribution in [-0.4, -0.2) is 72.3 Å². The van der Waals surface area contributed by atoms with Crippen molar-refractivity contribution in [1.82, 2.24) is 4.90 Å². The molecule has 2 aromatic rings. The van der Waals surface area contributed by atoms with Crippen LogP contribution in [0.1, 0.15) is 22.8 Å². The lowest BCUT2D eigenvalue weighted by molar-refractivity contribution is -0.384. The summed E-state index contributed by atoms with van der Waals surface area (Å²) in [5, 5.41) is 13.7. The molecule has 2 saturated heterocycles. The molecule has 2 aliphatic rings. The molecule has 0 radical (unpaired) electrons. The first-order valence-electron chi connectivity index (χ1n) is 11.8. The number of carbonyl (C=O) groups excluding carboxylic acids is 4. The molecule has 1 N–H and O–H groups in total. The van der Waals surface area contributed by atoms with Crippen molar-refractivity contribution in [3.05, 3.63) is 67.6 Å². The normalized spacial score (nSPS) is 16.5. The number of amides is 3. The maximum absolute atomic E-state index is 12.9. The van der Waals surface area contributed by atoms with Crippen LogP contribution in [-0.2, 0) is 19.1 Å². The Morgan fingerprint density at radius 3 is 2.64 bits per heavy atom. The van der Waals surface area contributed by atoms with E-state index in [2.05, 4.69) is 5.32 Å². The minimum absolute atomic E-state index is 0.0253. The number of nitro benzene ring substituents is 1. The zero-order valence-corrected chi connectivity index (χ0v) is 22.3. The van der Waals surface area contributed by atoms with E-state index in [1.807, 2.05) is 4.90 Å². The fourth-order valence-electron chi connectivity index (χ4n) is 3.95. The third-order valence-electron chi connectivity index (χ3n) is 5.77. The maximum atomic E-state index is 12.9. The van der Waals surface area contributed by atoms with Crippen LogP contribution in [0.5, 0.6) is 0 Å². The molecule has 2 heterocycles. The predicted octanol–water partition coefficient (Wildman–Crippen LogP) is 3.94. The van der Waals surface area contributed by atoms with Gasteiger partial charge in [-0.25, -0.2) is 4.79 Å². The van der Waals surface area contributed by atoms with Crippen LogP contribution in [0.25, 0.3) is 6.08 Å². The minimum Gasteiger partial charge on any atom is -0.462 e. The molecule has 2 aromatic carbocycles. The number of ether oxygens (including phenoxy) is 2. The van der Waals surface area contributed by atoms with Crippen molar-refractivity contribution in [3.8, 4) is 0 Å². The summed E-state index contributed by atoms with van der Waals surface area (Å²) in [7, 11) is 0. The topological polar surface area (TPSA) is 148 Å². The maximum Gasteiger partial charge on any atom is 0.339 e. The molecule has 2 aliphatic heterocycles. The number of nitrogens with zero attached hydrogens (tertiary/aromatic N) is 3. The molecule has 0 spiro atoms. The third-order valence-corrected chi connectivity index (χ3v) is 7.00. The van der Waals surface area contributed by atoms with Crippen LogP contribution < -0.4 is 10.2 Å². The van der Waals surface area contributed by atoms with Crippen LogP contribution in [0.3, 0.4) is 0 Å². The van der Waals surface area contributed by atoms with Gasteiger partial charge in [0.25, 0.3) is 16.8 Å². The van der Waals surface area contributed by atoms with E-state index in [1.54, 1.807) is 19.1 Å². The second-order valence-electron chi connectivity index (χ2n) is 8.34. The Bertz CT molecular complexity index is 1380. The van der Waals surface area contributed by atoms with E-state index in [-0.39, 0.29) is 33.5 Å². The second kappa shape index (κ2) is 12.3. The van der Waals surface area contributed by atoms with Crippen molar-refractivity contribution in [2.75, 3.05) is 49.7 Å². The molecule has 12 nitrogen and oxygen atoms in total. The van der Waals surface area contributed by atoms with Crippen LogP contribution in [0, 0.1) is 10.1 Å². The number of nitro groups is 1. The number of imide groups is 1. The molecular weight excluding hydrogens is 552 g/mol. The van der Waals surface area contributed by atoms with Gasteiger partial charge in [0.1, 0.15) is 12.2 Å². The van der Waals surface area contributed by atoms with Gasteiger partial charge in [0, 0.05) is 24.8 Å². The molecule has 0 aromatic heterocycles. The fourth-order valence-corrected chi connectivity index (χ4v) is 4.98. The third kappa shape index (κ3) is 6.56. The quantitative estimate of drug-likeness (QED) is 0.213. The molecule has 204 valence electrons. The van der Waals surface area contributed by atoms with Crippen molar-refractivity contribution >= 4 is 69.5 Å². The zero-order chi connectivity index (χ0) is 28.1. The van der Waals surface area contributed by atoms with Gasteiger partial charge in [-0.15, -0.1) is 0 Å². The summed E-state index contributed by atoms with van der Waals surface area (Å²) < 4.78 is 10.2. The van der Waals surface area contributed by atoms with Crippen LogP contribution >= 0.6 is 23.4 Å². The van der Waals surface area contributed by atoms with Crippen LogP contribution in [0.4, 0.5) is 21.9 Å². The number of carbonyl (C=O) groups is 4. The number of hydrogen-bond acceptors (Lipinski definition) is 10. The zero-order valence-electron chi connectivity index (χ0n) is 20.7. The Balaban J connectivity index is 1.46. The first kappa shape index (κ1) is 28.1. The monoisotopic (exact) mass is 574 g/mol. The number of morpholine rings is 1. The van der Waals surface area contributed by atoms with Crippen molar-refractivity contribution in [1.29, 1.82) is 0 Å². The first-order chi connectivity index (χ1) is 18.7. The van der Waals surface area contributed by atoms with Crippen molar-refractivity contribution in [2.45, 2.75) is 6.92 Å². The summed E-state index contributed by atoms with van der Waals surface area (Å²) in [6.45, 7) is 3.17. The van der Waals surface area contributed by atoms with Gasteiger partial charge in [0.2, 0.25) is 5.91 Å². The van der Waals surface area contributed by atoms with E-state index in [0.717, 1.165) is 4.90 Å². The average Bonchev–Trinajstić information content (AvgIpc) is 3.17. The number of halogens is 1. The summed E-state index contributed by atoms with van der Waals surface area (Å²) in [5.41, 5.74) is 0.955. The number of rotatable bonds is 8. The number of esters is 1. The molecule has 39 heavy (non-hydrogen) atoms. The highest BCUT2D eigenvalue weighted by molar-refractivity contribution is 8.18. The van der Waals surface area contributed by atoms with Crippen molar-refractivity contribution in [2.24, 2.45) is 0 Å². The van der Waals surface area contributed by atoms with Crippen molar-refractivity contribution < 1.29 is 33.6 Å². The molecule has 0 bridgehead atoms. The Morgan fingerprint density at radius 1 is 1.21 bits per heavy atom. The number of thioether (sulfide) groups is 1. The molecule has 0 atom stereocenters. The standard InChI is InChI=1S/C25H23ClN4O8S/c1-2-38-24(33)17-13-16(4-5-18(17)26)27-22(31)14-29-23(32)21(39-25(29)34)12-15-3-6-19(20(11-15)30(35)36)28-7-9-37-10-8-28/h3-6,11-13H,2,7-10,14H2,1H3,(H,27,31)/b21-12-. The molecule has 0 saturated carbocycles. The van der Waals surface area contributed by atoms with E-state index in [1.165, 1.54) is 30.3 Å². The summed E-state index contributed by atoms with van der Waals surface area (Å²) >= 11 is 6.66. The first-order valence-corrected chi connectivity index (χ1v) is 13.0. The Hall–Kier alpha value is -3.94. The molecule has 14 heteroatoms. The number of nitrogens with one attached hydrogen (secondary N) is 1. The Kier molecular flexibility index (Phi) is 8.84. The largest absolute Gasteiger partial charge is 0.462 e. The predicted molar refractivity (Wildman–Crippen MR) is 145 cm³/mol. The lowest BCUT2D eigenvalue weighted by Crippen LogP contribution is -2.36. The SMILES string of the molecule is CCOC(=O)c1cc(NC(=O)CN2C(=O)S/C(=C\c3ccc(N4CCOCC4)c([N+](=O)[O-])c3)C2=O)ccc1Cl. The van der Waals surface area contributed by atoms with E-state index >= 15 is 0 Å². The lowest BCUT2D eigenvalue weighted by Gasteiger charge is -2.28. The number of hydrogen-bond donors (Lipinski definition) is 1. The summed E-state index contributed by atoms with van der Waals surface area (Å²) in [5.74, 6) is -2.04. The Labute approximate surface area is 232 Å². The average molecular weight is 575 g/mol. The highest BCUT2D eigenvalue weighted by Gasteiger charge is 2.36. The van der Waals surface area contributed by atoms with Gasteiger partial charge in [-0.05, 0) is 54.6 Å². The number of benzene rings is 2. The van der Waals surface area contributed by atoms with Gasteiger partial charge in [-0.3, -0.25) is 29.4 Å². The lowest BCUT2D eigenvalue weighted by atomic mass is 10.1. The van der Waals surface area contributed by atoms with Crippen molar-refractivity contribution in [3.63, 3.8) is 0 Å². The number of anilines is 2. The summed E-state index contributed by atoms with van der Waals surface area (Å²) in [4.78, 5) is 63.9. The highest BCUT2D eigenvalue weighted by Crippen LogP contribution is 2.35. The van der Waals surface area contributed by atoms with E-state index in [9.17, 15) is 29.3 Å². The van der Waals surface area contributed by atoms with Gasteiger partial charge in [-0.2, -0.15) is 0 Å². The molecular formula is C25H23ClN4O8S. The van der Waals surface area contributed by atoms with Gasteiger partial charge in [-0.1, -0.05) is 17.7 Å². The van der Waals surface area contributed by atoms with E-state index in [0.29, 0.717) is 49.3 Å². The molecule has 4 rings (SSSR count). The smallest absolute Gasteiger partial charge is 0.339 e. The Morgan fingerprint density at radius 2 is 1.95 bits per heavy atom. The van der Waals surface area contributed by atoms with E-state index in [4.69, 9.17) is 21.1 Å². The molecule has 0 unspecified atom stereocenters. The second-order valence-corrected chi connectivity index (χ2v) is 9.74. The summed E-state index contributed by atoms with van der Waals surface area (Å²) in [6, 6.07) is 8.77. The minimum atomic E-state index is -0.705. The van der Waals surface area contributed by atoms with Crippen LogP contribution in [0.2, 0.25) is 5.02 Å². The molecule has 3 amide bonds. The van der Waals surface area contributed by atoms with Gasteiger partial charge in [0.05, 0.1) is 40.2 Å². The highest BCUT2D eigenvalue weighted by atomic mass is 35.5. The molecule has 0 aliphatic carbocycles. The fraction of sp³-hybridized carbons (Fsp3) is 0.280. The van der Waals surface area contributed by atoms with Gasteiger partial charge in [0.15, 0.2) is 0 Å². The van der Waals surface area contributed by atoms with Gasteiger partial charge >= 0.3 is 5.97 Å². The van der Waals surface area contributed by atoms with Crippen LogP contribution in [0.15, 0.2) is 41.3 Å². The van der Waals surface area contributed by atoms with E-state index < -0.39 is 34.5 Å². The molecule has 2 fully saturated rings. The summed E-state index contributed by atoms with van der Waals surface area (Å²) in [6.07, 6.45) is 1.38. The van der Waals surface area contributed by atoms with Gasteiger partial charge < -0.3 is 19.7 Å².